The van der Waals surface area contributed by atoms with Crippen LogP contribution in [0.2, 0.25) is 0 Å². The molecule has 0 saturated carbocycles. The monoisotopic (exact) mass is 469 g/mol. The summed E-state index contributed by atoms with van der Waals surface area (Å²) in [5.41, 5.74) is 6.22. The number of nitriles is 1. The highest BCUT2D eigenvalue weighted by atomic mass is 19.1. The molecule has 2 amide bonds. The van der Waals surface area contributed by atoms with E-state index in [1.165, 1.54) is 35.4 Å². The number of likely N-dealkylation sites (tertiary alicyclic amines) is 2. The molecule has 2 fully saturated rings. The summed E-state index contributed by atoms with van der Waals surface area (Å²) in [6.07, 6.45) is 3.64. The maximum Gasteiger partial charge on any atom is 0.407 e. The van der Waals surface area contributed by atoms with Gasteiger partial charge in [-0.3, -0.25) is 9.48 Å². The first-order valence-corrected chi connectivity index (χ1v) is 11.4. The van der Waals surface area contributed by atoms with Crippen molar-refractivity contribution < 1.29 is 19.1 Å². The van der Waals surface area contributed by atoms with Crippen molar-refractivity contribution in [3.05, 3.63) is 41.8 Å². The lowest BCUT2D eigenvalue weighted by molar-refractivity contribution is 0.0589. The minimum absolute atomic E-state index is 0.135. The van der Waals surface area contributed by atoms with Gasteiger partial charge in [-0.25, -0.2) is 9.18 Å². The van der Waals surface area contributed by atoms with Gasteiger partial charge in [0.15, 0.2) is 5.82 Å². The maximum absolute atomic E-state index is 13.2. The zero-order valence-electron chi connectivity index (χ0n) is 18.7. The molecule has 4 rings (SSSR count). The number of benzene rings is 1. The van der Waals surface area contributed by atoms with Gasteiger partial charge in [-0.05, 0) is 63.0 Å². The minimum Gasteiger partial charge on any atom is -0.465 e. The second-order valence-corrected chi connectivity index (χ2v) is 8.76. The lowest BCUT2D eigenvalue weighted by atomic mass is 9.84. The molecule has 34 heavy (non-hydrogen) atoms. The third kappa shape index (κ3) is 4.97. The number of hydrogen-bond donors (Lipinski definition) is 3. The van der Waals surface area contributed by atoms with Gasteiger partial charge >= 0.3 is 6.09 Å². The van der Waals surface area contributed by atoms with Crippen LogP contribution in [0.25, 0.3) is 0 Å². The fourth-order valence-electron chi connectivity index (χ4n) is 4.93. The quantitative estimate of drug-likeness (QED) is 0.566. The molecular weight excluding hydrogens is 441 g/mol. The van der Waals surface area contributed by atoms with Crippen molar-refractivity contribution in [2.75, 3.05) is 31.5 Å². The number of halogens is 1. The molecule has 3 heterocycles. The van der Waals surface area contributed by atoms with Crippen LogP contribution in [0.1, 0.15) is 42.1 Å². The normalized spacial score (nSPS) is 22.9. The Labute approximate surface area is 196 Å². The average Bonchev–Trinajstić information content (AvgIpc) is 3.48. The van der Waals surface area contributed by atoms with Crippen LogP contribution in [0.5, 0.6) is 0 Å². The number of rotatable bonds is 7. The van der Waals surface area contributed by atoms with E-state index in [2.05, 4.69) is 21.4 Å². The molecule has 0 aliphatic carbocycles. The summed E-state index contributed by atoms with van der Waals surface area (Å²) < 4.78 is 14.8. The zero-order chi connectivity index (χ0) is 24.2. The highest BCUT2D eigenvalue weighted by molar-refractivity contribution is 5.98. The predicted octanol–water partition coefficient (Wildman–Crippen LogP) is 2.78. The van der Waals surface area contributed by atoms with Gasteiger partial charge in [0.1, 0.15) is 11.4 Å². The number of amides is 2. The van der Waals surface area contributed by atoms with Crippen molar-refractivity contribution >= 4 is 23.5 Å². The number of anilines is 2. The van der Waals surface area contributed by atoms with Crippen LogP contribution in [0.3, 0.4) is 0 Å². The number of primary amides is 1. The second-order valence-electron chi connectivity index (χ2n) is 8.76. The molecule has 2 aliphatic rings. The van der Waals surface area contributed by atoms with Crippen molar-refractivity contribution in [2.24, 2.45) is 11.7 Å². The molecule has 180 valence electrons. The van der Waals surface area contributed by atoms with E-state index < -0.39 is 35.8 Å². The Hall–Kier alpha value is -3.65. The Balaban J connectivity index is 1.60. The molecule has 2 aliphatic heterocycles. The number of carbonyl (C=O) groups excluding carboxylic acids is 1. The predicted molar refractivity (Wildman–Crippen MR) is 122 cm³/mol. The van der Waals surface area contributed by atoms with E-state index in [0.29, 0.717) is 18.5 Å². The van der Waals surface area contributed by atoms with E-state index in [1.54, 1.807) is 4.68 Å². The Bertz CT molecular complexity index is 1080. The molecule has 2 saturated heterocycles. The van der Waals surface area contributed by atoms with Gasteiger partial charge in [-0.2, -0.15) is 10.4 Å². The van der Waals surface area contributed by atoms with Crippen LogP contribution in [-0.2, 0) is 0 Å². The van der Waals surface area contributed by atoms with E-state index >= 15 is 0 Å². The van der Waals surface area contributed by atoms with Crippen LogP contribution in [0.4, 0.5) is 20.7 Å². The van der Waals surface area contributed by atoms with Gasteiger partial charge in [0.2, 0.25) is 0 Å². The number of hydrogen-bond acceptors (Lipinski definition) is 6. The third-order valence-corrected chi connectivity index (χ3v) is 6.67. The fraction of sp³-hybridized carbons (Fsp3) is 0.478. The Morgan fingerprint density at radius 1 is 1.24 bits per heavy atom. The van der Waals surface area contributed by atoms with Gasteiger partial charge < -0.3 is 26.0 Å². The fourth-order valence-corrected chi connectivity index (χ4v) is 4.93. The van der Waals surface area contributed by atoms with Crippen LogP contribution < -0.4 is 11.1 Å². The lowest BCUT2D eigenvalue weighted by Gasteiger charge is -2.41. The SMILES string of the molecule is N#CC1C(CCN2CCCC2)N(C(=O)O)CCC1n1cc(C(N)=O)c(Nc2ccc(F)cc2)n1. The number of piperidine rings is 1. The molecule has 11 heteroatoms. The van der Waals surface area contributed by atoms with Crippen molar-refractivity contribution in [1.29, 1.82) is 5.26 Å². The number of nitrogens with two attached hydrogens (primary N) is 1. The second kappa shape index (κ2) is 10.1. The van der Waals surface area contributed by atoms with E-state index in [1.807, 2.05) is 0 Å². The number of nitrogens with zero attached hydrogens (tertiary/aromatic N) is 5. The van der Waals surface area contributed by atoms with Gasteiger partial charge in [-0.15, -0.1) is 0 Å². The van der Waals surface area contributed by atoms with Gasteiger partial charge in [-0.1, -0.05) is 0 Å². The number of nitrogens with one attached hydrogen (secondary N) is 1. The largest absolute Gasteiger partial charge is 0.465 e. The third-order valence-electron chi connectivity index (χ3n) is 6.67. The molecule has 2 aromatic rings. The summed E-state index contributed by atoms with van der Waals surface area (Å²) in [6.45, 7) is 2.96. The number of carboxylic acid groups (broad SMARTS) is 1. The molecule has 0 bridgehead atoms. The van der Waals surface area contributed by atoms with Crippen molar-refractivity contribution in [2.45, 2.75) is 37.8 Å². The Morgan fingerprint density at radius 3 is 2.56 bits per heavy atom. The van der Waals surface area contributed by atoms with Gasteiger partial charge in [0, 0.05) is 25.0 Å². The van der Waals surface area contributed by atoms with Crippen LogP contribution in [0.15, 0.2) is 30.5 Å². The smallest absolute Gasteiger partial charge is 0.407 e. The lowest BCUT2D eigenvalue weighted by Crippen LogP contribution is -2.52. The molecule has 10 nitrogen and oxygen atoms in total. The van der Waals surface area contributed by atoms with Gasteiger partial charge in [0.05, 0.1) is 24.1 Å². The van der Waals surface area contributed by atoms with Crippen LogP contribution in [0, 0.1) is 23.1 Å². The summed E-state index contributed by atoms with van der Waals surface area (Å²) >= 11 is 0. The van der Waals surface area contributed by atoms with Gasteiger partial charge in [0.25, 0.3) is 5.91 Å². The maximum atomic E-state index is 13.2. The molecular formula is C23H28FN7O3. The van der Waals surface area contributed by atoms with E-state index in [9.17, 15) is 24.3 Å². The molecule has 0 spiro atoms. The zero-order valence-corrected chi connectivity index (χ0v) is 18.7. The van der Waals surface area contributed by atoms with Crippen molar-refractivity contribution in [1.82, 2.24) is 19.6 Å². The van der Waals surface area contributed by atoms with E-state index in [-0.39, 0.29) is 17.9 Å². The number of carbonyl (C=O) groups is 2. The summed E-state index contributed by atoms with van der Waals surface area (Å²) in [4.78, 5) is 27.7. The van der Waals surface area contributed by atoms with Crippen molar-refractivity contribution in [3.63, 3.8) is 0 Å². The van der Waals surface area contributed by atoms with E-state index in [0.717, 1.165) is 32.5 Å². The summed E-state index contributed by atoms with van der Waals surface area (Å²) in [5.74, 6) is -1.54. The topological polar surface area (TPSA) is 141 Å². The van der Waals surface area contributed by atoms with E-state index in [4.69, 9.17) is 5.73 Å². The van der Waals surface area contributed by atoms with Crippen molar-refractivity contribution in [3.8, 4) is 6.07 Å². The summed E-state index contributed by atoms with van der Waals surface area (Å²) in [7, 11) is 0. The highest BCUT2D eigenvalue weighted by Crippen LogP contribution is 2.36. The molecule has 4 N–H and O–H groups in total. The highest BCUT2D eigenvalue weighted by Gasteiger charge is 2.42. The Morgan fingerprint density at radius 2 is 1.94 bits per heavy atom. The molecule has 3 atom stereocenters. The standard InChI is InChI=1S/C23H28FN7O3/c24-15-3-5-16(6-4-15)27-22-18(21(26)32)14-31(28-22)20-8-12-30(23(33)34)19(17(20)13-25)7-11-29-9-1-2-10-29/h3-6,14,17,19-20H,1-2,7-12H2,(H2,26,32)(H,27,28)(H,33,34). The summed E-state index contributed by atoms with van der Waals surface area (Å²) in [6, 6.07) is 6.98. The first kappa shape index (κ1) is 23.5. The molecule has 3 unspecified atom stereocenters. The minimum atomic E-state index is -1.04. The molecule has 1 aromatic carbocycles. The molecule has 0 radical (unpaired) electrons. The molecule has 1 aromatic heterocycles. The summed E-state index contributed by atoms with van der Waals surface area (Å²) in [5, 5.41) is 27.3. The first-order valence-electron chi connectivity index (χ1n) is 11.4. The first-order chi connectivity index (χ1) is 16.4. The van der Waals surface area contributed by atoms with Crippen LogP contribution in [-0.4, -0.2) is 68.9 Å². The average molecular weight is 470 g/mol. The van der Waals surface area contributed by atoms with Crippen LogP contribution >= 0.6 is 0 Å². The number of aromatic nitrogens is 2. The Kier molecular flexibility index (Phi) is 6.98.